The second-order valence-corrected chi connectivity index (χ2v) is 6.25. The van der Waals surface area contributed by atoms with Crippen molar-refractivity contribution in [3.05, 3.63) is 24.5 Å². The Bertz CT molecular complexity index is 491. The number of nitrogens with one attached hydrogen (secondary N) is 2. The molecule has 23 heavy (non-hydrogen) atoms. The molecule has 0 unspecified atom stereocenters. The van der Waals surface area contributed by atoms with E-state index in [1.807, 2.05) is 45.3 Å². The zero-order chi connectivity index (χ0) is 17.3. The number of likely N-dealkylation sites (N-methyl/N-ethyl adjacent to an activating group) is 1. The van der Waals surface area contributed by atoms with E-state index in [-0.39, 0.29) is 6.09 Å². The Labute approximate surface area is 138 Å². The molecule has 0 atom stereocenters. The van der Waals surface area contributed by atoms with E-state index in [4.69, 9.17) is 4.74 Å². The normalized spacial score (nSPS) is 12.0. The third-order valence-corrected chi connectivity index (χ3v) is 3.00. The van der Waals surface area contributed by atoms with Gasteiger partial charge >= 0.3 is 6.09 Å². The topological polar surface area (TPSA) is 70.9 Å². The molecule has 0 bridgehead atoms. The van der Waals surface area contributed by atoms with Crippen LogP contribution in [0.25, 0.3) is 0 Å². The van der Waals surface area contributed by atoms with E-state index in [2.05, 4.69) is 20.2 Å². The van der Waals surface area contributed by atoms with Gasteiger partial charge in [-0.25, -0.2) is 4.79 Å². The second kappa shape index (κ2) is 9.07. The predicted molar refractivity (Wildman–Crippen MR) is 92.7 cm³/mol. The SMILES string of the molecule is CN=C(NCCN(C)C(=O)OC(C)(C)C)NCCn1cccc1. The molecular weight excluding hydrogens is 294 g/mol. The maximum absolute atomic E-state index is 11.8. The molecule has 0 aliphatic heterocycles. The summed E-state index contributed by atoms with van der Waals surface area (Å²) in [6.45, 7) is 8.34. The molecule has 1 heterocycles. The van der Waals surface area contributed by atoms with Gasteiger partial charge in [0.1, 0.15) is 5.60 Å². The number of aliphatic imine (C=N–C) groups is 1. The fourth-order valence-electron chi connectivity index (χ4n) is 1.82. The summed E-state index contributed by atoms with van der Waals surface area (Å²) >= 11 is 0. The van der Waals surface area contributed by atoms with Crippen molar-refractivity contribution in [3.63, 3.8) is 0 Å². The molecular formula is C16H29N5O2. The lowest BCUT2D eigenvalue weighted by Crippen LogP contribution is -2.43. The first-order chi connectivity index (χ1) is 10.8. The second-order valence-electron chi connectivity index (χ2n) is 6.25. The number of carbonyl (C=O) groups excluding carboxylic acids is 1. The molecule has 0 spiro atoms. The summed E-state index contributed by atoms with van der Waals surface area (Å²) in [5.41, 5.74) is -0.477. The van der Waals surface area contributed by atoms with Crippen LogP contribution in [0, 0.1) is 0 Å². The number of rotatable bonds is 6. The average Bonchev–Trinajstić information content (AvgIpc) is 2.96. The number of aromatic nitrogens is 1. The Morgan fingerprint density at radius 2 is 1.83 bits per heavy atom. The van der Waals surface area contributed by atoms with Gasteiger partial charge in [-0.3, -0.25) is 4.99 Å². The predicted octanol–water partition coefficient (Wildman–Crippen LogP) is 1.52. The van der Waals surface area contributed by atoms with Crippen molar-refractivity contribution < 1.29 is 9.53 Å². The molecule has 130 valence electrons. The highest BCUT2D eigenvalue weighted by atomic mass is 16.6. The molecule has 7 nitrogen and oxygen atoms in total. The van der Waals surface area contributed by atoms with Crippen molar-refractivity contribution in [2.45, 2.75) is 32.9 Å². The van der Waals surface area contributed by atoms with Gasteiger partial charge in [0.25, 0.3) is 0 Å². The van der Waals surface area contributed by atoms with E-state index in [0.717, 1.165) is 19.0 Å². The lowest BCUT2D eigenvalue weighted by atomic mass is 10.2. The van der Waals surface area contributed by atoms with Crippen LogP contribution in [0.5, 0.6) is 0 Å². The summed E-state index contributed by atoms with van der Waals surface area (Å²) in [6.07, 6.45) is 3.72. The van der Waals surface area contributed by atoms with Crippen molar-refractivity contribution in [2.24, 2.45) is 4.99 Å². The molecule has 1 aromatic rings. The lowest BCUT2D eigenvalue weighted by Gasteiger charge is -2.24. The van der Waals surface area contributed by atoms with Crippen molar-refractivity contribution in [2.75, 3.05) is 33.7 Å². The third-order valence-electron chi connectivity index (χ3n) is 3.00. The molecule has 2 N–H and O–H groups in total. The van der Waals surface area contributed by atoms with Crippen molar-refractivity contribution in [3.8, 4) is 0 Å². The highest BCUT2D eigenvalue weighted by molar-refractivity contribution is 5.79. The molecule has 1 amide bonds. The summed E-state index contributed by atoms with van der Waals surface area (Å²) in [5.74, 6) is 0.717. The molecule has 1 rings (SSSR count). The van der Waals surface area contributed by atoms with Gasteiger partial charge in [-0.05, 0) is 32.9 Å². The molecule has 0 fully saturated rings. The minimum Gasteiger partial charge on any atom is -0.444 e. The van der Waals surface area contributed by atoms with Gasteiger partial charge in [-0.1, -0.05) is 0 Å². The number of guanidine groups is 1. The van der Waals surface area contributed by atoms with Crippen LogP contribution in [0.4, 0.5) is 4.79 Å². The molecule has 1 aromatic heterocycles. The van der Waals surface area contributed by atoms with E-state index in [0.29, 0.717) is 13.1 Å². The molecule has 0 radical (unpaired) electrons. The Morgan fingerprint density at radius 1 is 1.22 bits per heavy atom. The Kier molecular flexibility index (Phi) is 7.44. The molecule has 0 aromatic carbocycles. The highest BCUT2D eigenvalue weighted by Crippen LogP contribution is 2.08. The molecule has 7 heteroatoms. The zero-order valence-electron chi connectivity index (χ0n) is 14.8. The number of nitrogens with zero attached hydrogens (tertiary/aromatic N) is 3. The number of hydrogen-bond acceptors (Lipinski definition) is 3. The molecule has 0 saturated heterocycles. The summed E-state index contributed by atoms with van der Waals surface area (Å²) in [5, 5.41) is 6.41. The minimum atomic E-state index is -0.477. The third kappa shape index (κ3) is 8.13. The molecule has 0 aliphatic rings. The molecule has 0 aliphatic carbocycles. The maximum Gasteiger partial charge on any atom is 0.410 e. The van der Waals surface area contributed by atoms with Gasteiger partial charge in [0.15, 0.2) is 5.96 Å². The van der Waals surface area contributed by atoms with Crippen LogP contribution in [0.2, 0.25) is 0 Å². The van der Waals surface area contributed by atoms with Gasteiger partial charge in [-0.2, -0.15) is 0 Å². The monoisotopic (exact) mass is 323 g/mol. The lowest BCUT2D eigenvalue weighted by molar-refractivity contribution is 0.0302. The summed E-state index contributed by atoms with van der Waals surface area (Å²) in [7, 11) is 3.45. The van der Waals surface area contributed by atoms with Crippen LogP contribution in [-0.4, -0.2) is 60.9 Å². The Balaban J connectivity index is 2.22. The van der Waals surface area contributed by atoms with Crippen molar-refractivity contribution in [1.29, 1.82) is 0 Å². The van der Waals surface area contributed by atoms with Gasteiger partial charge < -0.3 is 24.8 Å². The minimum absolute atomic E-state index is 0.324. The van der Waals surface area contributed by atoms with Crippen LogP contribution in [0.1, 0.15) is 20.8 Å². The summed E-state index contributed by atoms with van der Waals surface area (Å²) < 4.78 is 7.39. The summed E-state index contributed by atoms with van der Waals surface area (Å²) in [6, 6.07) is 4.00. The van der Waals surface area contributed by atoms with Crippen molar-refractivity contribution >= 4 is 12.1 Å². The Hall–Kier alpha value is -2.18. The zero-order valence-corrected chi connectivity index (χ0v) is 14.8. The fourth-order valence-corrected chi connectivity index (χ4v) is 1.82. The van der Waals surface area contributed by atoms with E-state index >= 15 is 0 Å². The number of carbonyl (C=O) groups is 1. The number of hydrogen-bond donors (Lipinski definition) is 2. The smallest absolute Gasteiger partial charge is 0.410 e. The Morgan fingerprint density at radius 3 is 2.39 bits per heavy atom. The first-order valence-electron chi connectivity index (χ1n) is 7.81. The van der Waals surface area contributed by atoms with Crippen LogP contribution < -0.4 is 10.6 Å². The van der Waals surface area contributed by atoms with E-state index in [9.17, 15) is 4.79 Å². The van der Waals surface area contributed by atoms with Crippen molar-refractivity contribution in [1.82, 2.24) is 20.1 Å². The van der Waals surface area contributed by atoms with Gasteiger partial charge in [0.05, 0.1) is 0 Å². The fraction of sp³-hybridized carbons (Fsp3) is 0.625. The van der Waals surface area contributed by atoms with Crippen LogP contribution >= 0.6 is 0 Å². The standard InChI is InChI=1S/C16H29N5O2/c1-16(2,3)23-15(22)20(5)12-8-18-14(17-4)19-9-13-21-10-6-7-11-21/h6-7,10-11H,8-9,12-13H2,1-5H3,(H2,17,18,19). The van der Waals surface area contributed by atoms with E-state index < -0.39 is 5.60 Å². The van der Waals surface area contributed by atoms with Crippen LogP contribution in [0.15, 0.2) is 29.5 Å². The first kappa shape index (κ1) is 18.9. The highest BCUT2D eigenvalue weighted by Gasteiger charge is 2.19. The number of ether oxygens (including phenoxy) is 1. The first-order valence-corrected chi connectivity index (χ1v) is 7.81. The number of amides is 1. The maximum atomic E-state index is 11.8. The van der Waals surface area contributed by atoms with Gasteiger partial charge in [0.2, 0.25) is 0 Å². The van der Waals surface area contributed by atoms with Crippen LogP contribution in [0.3, 0.4) is 0 Å². The average molecular weight is 323 g/mol. The largest absolute Gasteiger partial charge is 0.444 e. The molecule has 0 saturated carbocycles. The van der Waals surface area contributed by atoms with Crippen LogP contribution in [-0.2, 0) is 11.3 Å². The van der Waals surface area contributed by atoms with Gasteiger partial charge in [0, 0.05) is 52.7 Å². The quantitative estimate of drug-likeness (QED) is 0.615. The van der Waals surface area contributed by atoms with Gasteiger partial charge in [-0.15, -0.1) is 0 Å². The summed E-state index contributed by atoms with van der Waals surface area (Å²) in [4.78, 5) is 17.5. The van der Waals surface area contributed by atoms with E-state index in [1.54, 1.807) is 19.0 Å². The van der Waals surface area contributed by atoms with E-state index in [1.165, 1.54) is 0 Å².